The van der Waals surface area contributed by atoms with Crippen LogP contribution < -0.4 is 202 Å². The summed E-state index contributed by atoms with van der Waals surface area (Å²) in [5.74, 6) is 0. The molecule has 0 heterocycles. The predicted octanol–water partition coefficient (Wildman–Crippen LogP) is -25.9. The van der Waals surface area contributed by atoms with Crippen LogP contribution in [0.2, 0.25) is 0 Å². The van der Waals surface area contributed by atoms with Crippen LogP contribution in [-0.2, 0) is 0 Å². The SMILES string of the molecule is [Na+].[Na+].[Na+].[Na+].[Na+].[Na+].[O-][As]([O-])[O-].[O-][As]([O-])[O-]. The van der Waals surface area contributed by atoms with Crippen LogP contribution in [0.5, 0.6) is 0 Å². The van der Waals surface area contributed by atoms with Gasteiger partial charge in [-0.1, -0.05) is 0 Å². The fourth-order valence-electron chi connectivity index (χ4n) is 0. The average Bonchev–Trinajstić information content (AvgIpc) is 1.25. The molecule has 0 amide bonds. The molecule has 0 spiro atoms. The Hall–Kier alpha value is 6.88. The minimum absolute atomic E-state index is 0. The van der Waals surface area contributed by atoms with Crippen molar-refractivity contribution >= 4 is 31.4 Å². The van der Waals surface area contributed by atoms with Crippen molar-refractivity contribution in [3.8, 4) is 0 Å². The first-order valence-corrected chi connectivity index (χ1v) is 5.69. The number of rotatable bonds is 0. The summed E-state index contributed by atoms with van der Waals surface area (Å²) in [4.78, 5) is 0. The van der Waals surface area contributed by atoms with Gasteiger partial charge in [-0.2, -0.15) is 0 Å². The Labute approximate surface area is 227 Å². The van der Waals surface area contributed by atoms with Gasteiger partial charge in [0.25, 0.3) is 0 Å². The first-order valence-electron chi connectivity index (χ1n) is 1.10. The molecule has 0 aromatic carbocycles. The first kappa shape index (κ1) is 49.7. The molecule has 0 N–H and O–H groups in total. The van der Waals surface area contributed by atoms with Crippen molar-refractivity contribution in [2.24, 2.45) is 0 Å². The molecule has 0 aliphatic heterocycles. The van der Waals surface area contributed by atoms with Crippen LogP contribution in [0.3, 0.4) is 0 Å². The van der Waals surface area contributed by atoms with Gasteiger partial charge in [-0.25, -0.2) is 0 Å². The molecule has 0 atom stereocenters. The van der Waals surface area contributed by atoms with Crippen molar-refractivity contribution in [2.45, 2.75) is 0 Å². The second-order valence-electron chi connectivity index (χ2n) is 0.447. The van der Waals surface area contributed by atoms with E-state index in [9.17, 15) is 0 Å². The zero-order valence-corrected chi connectivity index (χ0v) is 25.1. The second kappa shape index (κ2) is 42.7. The van der Waals surface area contributed by atoms with E-state index in [0.717, 1.165) is 0 Å². The van der Waals surface area contributed by atoms with E-state index in [1.54, 1.807) is 0 Å². The predicted molar refractivity (Wildman–Crippen MR) is 11.5 cm³/mol. The fraction of sp³-hybridized carbons (Fsp3) is 0. The van der Waals surface area contributed by atoms with E-state index in [4.69, 9.17) is 24.6 Å². The van der Waals surface area contributed by atoms with Crippen LogP contribution in [0.1, 0.15) is 0 Å². The van der Waals surface area contributed by atoms with Crippen LogP contribution in [0, 0.1) is 0 Å². The molecule has 0 aliphatic carbocycles. The first-order chi connectivity index (χ1) is 3.46. The number of hydrogen-bond acceptors (Lipinski definition) is 6. The molecule has 0 fully saturated rings. The summed E-state index contributed by atoms with van der Waals surface area (Å²) in [6, 6.07) is 0. The van der Waals surface area contributed by atoms with Crippen LogP contribution in [0.4, 0.5) is 0 Å². The molecule has 0 aromatic rings. The summed E-state index contributed by atoms with van der Waals surface area (Å²) in [5.41, 5.74) is 0. The van der Waals surface area contributed by atoms with Crippen molar-refractivity contribution in [3.05, 3.63) is 0 Å². The van der Waals surface area contributed by atoms with Gasteiger partial charge in [-0.15, -0.1) is 0 Å². The second-order valence-corrected chi connectivity index (χ2v) is 2.32. The third kappa shape index (κ3) is 128. The zero-order chi connectivity index (χ0) is 7.15. The summed E-state index contributed by atoms with van der Waals surface area (Å²) >= 11 is -7.88. The molecule has 0 saturated carbocycles. The van der Waals surface area contributed by atoms with Crippen LogP contribution in [-0.4, -0.2) is 31.4 Å². The molecular weight excluding hydrogens is 384 g/mol. The van der Waals surface area contributed by atoms with E-state index in [0.29, 0.717) is 0 Å². The molecule has 0 saturated heterocycles. The molecule has 6 nitrogen and oxygen atoms in total. The molecule has 0 bridgehead atoms. The Balaban J connectivity index is -0.00000000600. The molecular formula is As2Na6O6. The Bertz CT molecular complexity index is 35.8. The molecule has 0 aliphatic rings. The average molecular weight is 384 g/mol. The minimum atomic E-state index is -3.94. The molecule has 14 heavy (non-hydrogen) atoms. The number of hydrogen-bond donors (Lipinski definition) is 0. The third-order valence-electron chi connectivity index (χ3n) is 0. The maximum absolute atomic E-state index is 8.56. The van der Waals surface area contributed by atoms with Gasteiger partial charge in [-0.3, -0.25) is 0 Å². The zero-order valence-electron chi connectivity index (χ0n) is 9.34. The molecule has 52 valence electrons. The van der Waals surface area contributed by atoms with E-state index >= 15 is 0 Å². The van der Waals surface area contributed by atoms with Crippen molar-refractivity contribution in [2.75, 3.05) is 0 Å². The molecule has 14 heteroatoms. The van der Waals surface area contributed by atoms with Crippen molar-refractivity contribution in [3.63, 3.8) is 0 Å². The Morgan fingerprint density at radius 2 is 0.357 bits per heavy atom. The topological polar surface area (TPSA) is 138 Å². The quantitative estimate of drug-likeness (QED) is 0.381. The van der Waals surface area contributed by atoms with Crippen LogP contribution in [0.15, 0.2) is 0 Å². The van der Waals surface area contributed by atoms with Crippen molar-refractivity contribution < 1.29 is 202 Å². The van der Waals surface area contributed by atoms with Gasteiger partial charge in [0.15, 0.2) is 0 Å². The summed E-state index contributed by atoms with van der Waals surface area (Å²) in [6.07, 6.45) is 0. The van der Waals surface area contributed by atoms with Crippen LogP contribution >= 0.6 is 0 Å². The molecule has 0 radical (unpaired) electrons. The van der Waals surface area contributed by atoms with Gasteiger partial charge in [-0.05, 0) is 0 Å². The van der Waals surface area contributed by atoms with Gasteiger partial charge in [0, 0.05) is 0 Å². The van der Waals surface area contributed by atoms with Gasteiger partial charge in [0.1, 0.15) is 0 Å². The Morgan fingerprint density at radius 1 is 0.357 bits per heavy atom. The molecule has 0 unspecified atom stereocenters. The van der Waals surface area contributed by atoms with Crippen LogP contribution in [0.25, 0.3) is 0 Å². The Kier molecular flexibility index (Phi) is 152. The van der Waals surface area contributed by atoms with Crippen molar-refractivity contribution in [1.82, 2.24) is 0 Å². The molecule has 0 rings (SSSR count). The van der Waals surface area contributed by atoms with E-state index < -0.39 is 31.4 Å². The summed E-state index contributed by atoms with van der Waals surface area (Å²) in [7, 11) is 0. The third-order valence-corrected chi connectivity index (χ3v) is 0. The van der Waals surface area contributed by atoms with Gasteiger partial charge in [0.05, 0.1) is 0 Å². The standard InChI is InChI=1S/2AsO3.6Na/c2*2-1(3)4;;;;;;/q2*-3;6*+1. The normalized spacial score (nSPS) is 5.14. The van der Waals surface area contributed by atoms with E-state index in [2.05, 4.69) is 0 Å². The maximum atomic E-state index is 8.56. The fourth-order valence-corrected chi connectivity index (χ4v) is 0. The summed E-state index contributed by atoms with van der Waals surface area (Å²) in [6.45, 7) is 0. The summed E-state index contributed by atoms with van der Waals surface area (Å²) in [5, 5.41) is 0. The van der Waals surface area contributed by atoms with E-state index in [-0.39, 0.29) is 177 Å². The monoisotopic (exact) mass is 384 g/mol. The van der Waals surface area contributed by atoms with Gasteiger partial charge in [0.2, 0.25) is 0 Å². The molecule has 0 aromatic heterocycles. The van der Waals surface area contributed by atoms with E-state index in [1.807, 2.05) is 0 Å². The summed E-state index contributed by atoms with van der Waals surface area (Å²) < 4.78 is 51.4. The Morgan fingerprint density at radius 3 is 0.357 bits per heavy atom. The van der Waals surface area contributed by atoms with Crippen molar-refractivity contribution in [1.29, 1.82) is 0 Å². The van der Waals surface area contributed by atoms with E-state index in [1.165, 1.54) is 0 Å². The van der Waals surface area contributed by atoms with Gasteiger partial charge < -0.3 is 0 Å². The van der Waals surface area contributed by atoms with Gasteiger partial charge >= 0.3 is 233 Å².